The third-order valence-corrected chi connectivity index (χ3v) is 11.0. The highest BCUT2D eigenvalue weighted by Gasteiger charge is 2.37. The van der Waals surface area contributed by atoms with Gasteiger partial charge in [-0.1, -0.05) is 54.6 Å². The summed E-state index contributed by atoms with van der Waals surface area (Å²) in [5.41, 5.74) is -2.06. The summed E-state index contributed by atoms with van der Waals surface area (Å²) in [4.78, 5) is 0. The van der Waals surface area contributed by atoms with E-state index in [1.807, 2.05) is 0 Å². The van der Waals surface area contributed by atoms with Gasteiger partial charge in [0.25, 0.3) is 0 Å². The second kappa shape index (κ2) is 16.6. The molecule has 0 amide bonds. The predicted molar refractivity (Wildman–Crippen MR) is 182 cm³/mol. The molecule has 1 saturated heterocycles. The maximum Gasteiger partial charge on any atom is 0.190 e. The highest BCUT2D eigenvalue weighted by atomic mass is 32.2. The summed E-state index contributed by atoms with van der Waals surface area (Å²) < 4.78 is 140. The average molecular weight is 727 g/mol. The van der Waals surface area contributed by atoms with Crippen LogP contribution >= 0.6 is 0 Å². The molecule has 0 unspecified atom stereocenters. The van der Waals surface area contributed by atoms with Gasteiger partial charge in [-0.05, 0) is 36.7 Å². The molecule has 14 heteroatoms. The largest absolute Gasteiger partial charge is 0.491 e. The Hall–Kier alpha value is -4.33. The fourth-order valence-corrected chi connectivity index (χ4v) is 8.59. The predicted octanol–water partition coefficient (Wildman–Crippen LogP) is 6.19. The molecule has 0 radical (unpaired) electrons. The van der Waals surface area contributed by atoms with E-state index >= 15 is 35.1 Å². The van der Waals surface area contributed by atoms with E-state index in [0.717, 1.165) is 39.3 Å². The van der Waals surface area contributed by atoms with Gasteiger partial charge in [0.2, 0.25) is 0 Å². The van der Waals surface area contributed by atoms with Crippen LogP contribution in [0.3, 0.4) is 0 Å². The molecule has 4 aromatic carbocycles. The average Bonchev–Trinajstić information content (AvgIpc) is 3.58. The molecule has 0 spiro atoms. The molecule has 0 bridgehead atoms. The monoisotopic (exact) mass is 726 g/mol. The summed E-state index contributed by atoms with van der Waals surface area (Å²) in [6, 6.07) is 5.35. The number of ether oxygens (including phenoxy) is 4. The molecular formula is C36H35BF8O4S. The smallest absolute Gasteiger partial charge is 0.190 e. The quantitative estimate of drug-likeness (QED) is 0.0847. The molecule has 0 aliphatic carbocycles. The first-order valence-corrected chi connectivity index (χ1v) is 17.2. The Bertz CT molecular complexity index is 1530. The van der Waals surface area contributed by atoms with Crippen LogP contribution in [0, 0.1) is 46.5 Å². The molecule has 4 nitrogen and oxygen atoms in total. The molecule has 50 heavy (non-hydrogen) atoms. The van der Waals surface area contributed by atoms with Crippen LogP contribution < -0.4 is 40.8 Å². The molecule has 0 atom stereocenters. The van der Waals surface area contributed by atoms with Crippen molar-refractivity contribution in [2.75, 3.05) is 45.7 Å². The first kappa shape index (κ1) is 38.5. The van der Waals surface area contributed by atoms with Crippen molar-refractivity contribution in [3.05, 3.63) is 107 Å². The number of hydrogen-bond donors (Lipinski definition) is 0. The Labute approximate surface area is 288 Å². The van der Waals surface area contributed by atoms with Gasteiger partial charge in [-0.2, -0.15) is 21.9 Å². The number of allylic oxidation sites excluding steroid dienone is 1. The van der Waals surface area contributed by atoms with Gasteiger partial charge in [0.15, 0.2) is 69.5 Å². The van der Waals surface area contributed by atoms with Gasteiger partial charge in [-0.3, -0.25) is 0 Å². The number of methoxy groups -OCH3 is 4. The van der Waals surface area contributed by atoms with Crippen LogP contribution in [0.15, 0.2) is 60.7 Å². The summed E-state index contributed by atoms with van der Waals surface area (Å²) in [6.45, 7) is 2.11. The van der Waals surface area contributed by atoms with E-state index in [9.17, 15) is 0 Å². The lowest BCUT2D eigenvalue weighted by Gasteiger charge is -2.44. The molecule has 4 aromatic rings. The Kier molecular flexibility index (Phi) is 12.8. The fourth-order valence-electron chi connectivity index (χ4n) is 6.37. The van der Waals surface area contributed by atoms with E-state index in [0.29, 0.717) is 48.5 Å². The van der Waals surface area contributed by atoms with Crippen molar-refractivity contribution in [1.29, 1.82) is 0 Å². The SMILES string of the molecule is C/C=C/C[S+]1CCCC1.COc1c(F)cc([B-](c2cc(F)c(OC)c(F)c2)(c2cc(F)c(OC)c(F)c2)c2cc(F)c(OC)c(F)c2)cc1F. The van der Waals surface area contributed by atoms with Crippen molar-refractivity contribution in [2.45, 2.75) is 19.8 Å². The van der Waals surface area contributed by atoms with Crippen LogP contribution in [0.4, 0.5) is 35.1 Å². The lowest BCUT2D eigenvalue weighted by Crippen LogP contribution is -2.75. The summed E-state index contributed by atoms with van der Waals surface area (Å²) >= 11 is 0. The molecule has 268 valence electrons. The van der Waals surface area contributed by atoms with Crippen molar-refractivity contribution in [3.63, 3.8) is 0 Å². The molecule has 0 saturated carbocycles. The van der Waals surface area contributed by atoms with Crippen LogP contribution in [0.25, 0.3) is 0 Å². The van der Waals surface area contributed by atoms with Crippen molar-refractivity contribution in [3.8, 4) is 23.0 Å². The summed E-state index contributed by atoms with van der Waals surface area (Å²) in [6.07, 6.45) is 3.86. The van der Waals surface area contributed by atoms with Gasteiger partial charge in [-0.25, -0.2) is 35.1 Å². The fraction of sp³-hybridized carbons (Fsp3) is 0.278. The molecular weight excluding hydrogens is 691 g/mol. The van der Waals surface area contributed by atoms with Crippen LogP contribution in [0.5, 0.6) is 23.0 Å². The van der Waals surface area contributed by atoms with Gasteiger partial charge in [-0.15, -0.1) is 0 Å². The molecule has 0 aromatic heterocycles. The van der Waals surface area contributed by atoms with E-state index in [4.69, 9.17) is 18.9 Å². The minimum Gasteiger partial charge on any atom is -0.491 e. The van der Waals surface area contributed by atoms with Gasteiger partial charge in [0.1, 0.15) is 23.4 Å². The number of hydrogen-bond acceptors (Lipinski definition) is 4. The normalized spacial score (nSPS) is 13.3. The lowest BCUT2D eigenvalue weighted by atomic mass is 9.13. The summed E-state index contributed by atoms with van der Waals surface area (Å²) in [5, 5.41) is 0. The second-order valence-electron chi connectivity index (χ2n) is 11.4. The molecule has 1 fully saturated rings. The van der Waals surface area contributed by atoms with Crippen LogP contribution in [-0.2, 0) is 10.9 Å². The molecule has 5 rings (SSSR count). The number of rotatable bonds is 10. The Balaban J connectivity index is 0.000000541. The van der Waals surface area contributed by atoms with Gasteiger partial charge in [0, 0.05) is 0 Å². The zero-order valence-electron chi connectivity index (χ0n) is 28.0. The van der Waals surface area contributed by atoms with Crippen molar-refractivity contribution in [2.24, 2.45) is 0 Å². The van der Waals surface area contributed by atoms with E-state index < -0.39 is 97.5 Å². The standard InChI is InChI=1S/C28H20BF8O4.C8H15S/c1-38-25-17(30)5-13(6-18(25)31)29(14-7-19(32)26(39-2)20(33)8-14,15-9-21(34)27(40-3)22(35)10-15)16-11-23(36)28(41-4)24(37)12-16;1-2-3-6-9-7-4-5-8-9/h5-12H,1-4H3;2-3H,4-8H2,1H3/q-1;+1/b;3-2+. The van der Waals surface area contributed by atoms with Crippen LogP contribution in [0.1, 0.15) is 19.8 Å². The summed E-state index contributed by atoms with van der Waals surface area (Å²) in [7, 11) is 4.66. The van der Waals surface area contributed by atoms with Crippen molar-refractivity contribution in [1.82, 2.24) is 0 Å². The maximum absolute atomic E-state index is 15.2. The minimum atomic E-state index is -3.59. The topological polar surface area (TPSA) is 36.9 Å². The highest BCUT2D eigenvalue weighted by molar-refractivity contribution is 7.97. The van der Waals surface area contributed by atoms with Crippen LogP contribution in [0.2, 0.25) is 0 Å². The zero-order chi connectivity index (χ0) is 36.7. The first-order chi connectivity index (χ1) is 23.9. The van der Waals surface area contributed by atoms with E-state index in [1.165, 1.54) is 30.1 Å². The van der Waals surface area contributed by atoms with Crippen molar-refractivity contribution >= 4 is 38.9 Å². The Morgan fingerprint density at radius 2 is 0.740 bits per heavy atom. The summed E-state index contributed by atoms with van der Waals surface area (Å²) in [5.74, 6) is -9.67. The van der Waals surface area contributed by atoms with E-state index in [1.54, 1.807) is 0 Å². The third kappa shape index (κ3) is 7.54. The van der Waals surface area contributed by atoms with Gasteiger partial charge >= 0.3 is 0 Å². The maximum atomic E-state index is 15.2. The molecule has 1 aliphatic rings. The first-order valence-electron chi connectivity index (χ1n) is 15.4. The van der Waals surface area contributed by atoms with Gasteiger partial charge < -0.3 is 18.9 Å². The second-order valence-corrected chi connectivity index (χ2v) is 13.8. The molecule has 0 N–H and O–H groups in total. The molecule has 1 heterocycles. The Morgan fingerprint density at radius 1 is 0.500 bits per heavy atom. The zero-order valence-corrected chi connectivity index (χ0v) is 28.8. The van der Waals surface area contributed by atoms with Crippen LogP contribution in [-0.4, -0.2) is 51.8 Å². The third-order valence-electron chi connectivity index (χ3n) is 8.58. The van der Waals surface area contributed by atoms with E-state index in [-0.39, 0.29) is 0 Å². The minimum absolute atomic E-state index is 0.516. The molecule has 1 aliphatic heterocycles. The Morgan fingerprint density at radius 3 is 0.940 bits per heavy atom. The lowest BCUT2D eigenvalue weighted by molar-refractivity contribution is 0.360. The van der Waals surface area contributed by atoms with E-state index in [2.05, 4.69) is 19.1 Å². The van der Waals surface area contributed by atoms with Crippen molar-refractivity contribution < 1.29 is 54.1 Å². The number of halogens is 8. The van der Waals surface area contributed by atoms with Gasteiger partial charge in [0.05, 0.1) is 28.4 Å². The highest BCUT2D eigenvalue weighted by Crippen LogP contribution is 2.28. The number of benzene rings is 4.